The van der Waals surface area contributed by atoms with E-state index in [0.29, 0.717) is 51.2 Å². The monoisotopic (exact) mass is 422 g/mol. The molecule has 1 fully saturated rings. The summed E-state index contributed by atoms with van der Waals surface area (Å²) < 4.78 is 5.63. The Labute approximate surface area is 183 Å². The Bertz CT molecular complexity index is 872. The number of piperazine rings is 1. The SMILES string of the molecule is Cc1ccc(C(=O)CCC(=O)N2CCN(C(=O)CCCOc3ccccc3)CC2)cc1. The lowest BCUT2D eigenvalue weighted by Gasteiger charge is -2.35. The number of carbonyl (C=O) groups is 3. The maximum absolute atomic E-state index is 12.5. The number of hydrogen-bond acceptors (Lipinski definition) is 4. The van der Waals surface area contributed by atoms with Gasteiger partial charge < -0.3 is 14.5 Å². The topological polar surface area (TPSA) is 66.9 Å². The third-order valence-corrected chi connectivity index (χ3v) is 5.47. The van der Waals surface area contributed by atoms with Crippen molar-refractivity contribution in [2.75, 3.05) is 32.8 Å². The van der Waals surface area contributed by atoms with E-state index in [-0.39, 0.29) is 30.4 Å². The van der Waals surface area contributed by atoms with Gasteiger partial charge in [-0.1, -0.05) is 48.0 Å². The minimum Gasteiger partial charge on any atom is -0.494 e. The molecule has 1 heterocycles. The van der Waals surface area contributed by atoms with E-state index in [1.54, 1.807) is 17.0 Å². The van der Waals surface area contributed by atoms with Crippen LogP contribution >= 0.6 is 0 Å². The van der Waals surface area contributed by atoms with Gasteiger partial charge in [0.15, 0.2) is 5.78 Å². The van der Waals surface area contributed by atoms with Gasteiger partial charge in [-0.3, -0.25) is 14.4 Å². The number of amides is 2. The predicted octanol–water partition coefficient (Wildman–Crippen LogP) is 3.49. The van der Waals surface area contributed by atoms with Crippen LogP contribution in [0.25, 0.3) is 0 Å². The smallest absolute Gasteiger partial charge is 0.223 e. The minimum absolute atomic E-state index is 0.0140. The molecule has 1 aliphatic rings. The average Bonchev–Trinajstić information content (AvgIpc) is 2.81. The van der Waals surface area contributed by atoms with Crippen LogP contribution in [0, 0.1) is 6.92 Å². The van der Waals surface area contributed by atoms with Crippen LogP contribution in [0.4, 0.5) is 0 Å². The highest BCUT2D eigenvalue weighted by atomic mass is 16.5. The van der Waals surface area contributed by atoms with Crippen molar-refractivity contribution in [3.63, 3.8) is 0 Å². The maximum Gasteiger partial charge on any atom is 0.223 e. The number of Topliss-reactive ketones (excluding diaryl/α,β-unsaturated/α-hetero) is 1. The van der Waals surface area contributed by atoms with Gasteiger partial charge in [-0.05, 0) is 25.5 Å². The highest BCUT2D eigenvalue weighted by molar-refractivity contribution is 5.98. The third kappa shape index (κ3) is 6.95. The summed E-state index contributed by atoms with van der Waals surface area (Å²) in [5.41, 5.74) is 1.74. The highest BCUT2D eigenvalue weighted by Gasteiger charge is 2.24. The Morgan fingerprint density at radius 1 is 0.774 bits per heavy atom. The molecule has 0 bridgehead atoms. The van der Waals surface area contributed by atoms with Gasteiger partial charge in [0.25, 0.3) is 0 Å². The molecule has 1 aliphatic heterocycles. The zero-order valence-electron chi connectivity index (χ0n) is 18.1. The zero-order chi connectivity index (χ0) is 22.1. The lowest BCUT2D eigenvalue weighted by atomic mass is 10.0. The van der Waals surface area contributed by atoms with Crippen LogP contribution in [0.1, 0.15) is 41.6 Å². The highest BCUT2D eigenvalue weighted by Crippen LogP contribution is 2.12. The number of ether oxygens (including phenoxy) is 1. The van der Waals surface area contributed by atoms with Crippen molar-refractivity contribution in [3.05, 3.63) is 65.7 Å². The second kappa shape index (κ2) is 11.3. The molecule has 164 valence electrons. The van der Waals surface area contributed by atoms with Crippen molar-refractivity contribution in [1.29, 1.82) is 0 Å². The van der Waals surface area contributed by atoms with Crippen LogP contribution in [0.3, 0.4) is 0 Å². The summed E-state index contributed by atoms with van der Waals surface area (Å²) in [4.78, 5) is 40.7. The summed E-state index contributed by atoms with van der Waals surface area (Å²) in [6.07, 6.45) is 1.51. The molecule has 31 heavy (non-hydrogen) atoms. The number of para-hydroxylation sites is 1. The fraction of sp³-hybridized carbons (Fsp3) is 0.400. The second-order valence-corrected chi connectivity index (χ2v) is 7.82. The fourth-order valence-corrected chi connectivity index (χ4v) is 3.56. The number of benzene rings is 2. The minimum atomic E-state index is -0.0242. The van der Waals surface area contributed by atoms with Crippen molar-refractivity contribution < 1.29 is 19.1 Å². The molecule has 2 aromatic carbocycles. The normalized spacial score (nSPS) is 13.7. The first-order chi connectivity index (χ1) is 15.0. The summed E-state index contributed by atoms with van der Waals surface area (Å²) in [7, 11) is 0. The van der Waals surface area contributed by atoms with Crippen molar-refractivity contribution in [2.24, 2.45) is 0 Å². The van der Waals surface area contributed by atoms with E-state index in [0.717, 1.165) is 11.3 Å². The summed E-state index contributed by atoms with van der Waals surface area (Å²) in [5.74, 6) is 0.866. The van der Waals surface area contributed by atoms with Crippen LogP contribution in [0.5, 0.6) is 5.75 Å². The average molecular weight is 423 g/mol. The van der Waals surface area contributed by atoms with Crippen molar-refractivity contribution in [1.82, 2.24) is 9.80 Å². The summed E-state index contributed by atoms with van der Waals surface area (Å²) in [6, 6.07) is 17.0. The Kier molecular flexibility index (Phi) is 8.21. The first-order valence-corrected chi connectivity index (χ1v) is 10.9. The van der Waals surface area contributed by atoms with Crippen molar-refractivity contribution >= 4 is 17.6 Å². The first kappa shape index (κ1) is 22.5. The Morgan fingerprint density at radius 3 is 1.97 bits per heavy atom. The number of ketones is 1. The molecule has 1 saturated heterocycles. The molecule has 0 spiro atoms. The zero-order valence-corrected chi connectivity index (χ0v) is 18.1. The summed E-state index contributed by atoms with van der Waals surface area (Å²) in [5, 5.41) is 0. The van der Waals surface area contributed by atoms with Gasteiger partial charge in [0, 0.05) is 51.0 Å². The molecule has 0 radical (unpaired) electrons. The standard InChI is InChI=1S/C25H30N2O4/c1-20-9-11-21(12-10-20)23(28)13-14-25(30)27-17-15-26(16-18-27)24(29)8-5-19-31-22-6-3-2-4-7-22/h2-4,6-7,9-12H,5,8,13-19H2,1H3. The van der Waals surface area contributed by atoms with E-state index in [2.05, 4.69) is 0 Å². The molecule has 0 aromatic heterocycles. The van der Waals surface area contributed by atoms with Crippen LogP contribution in [-0.4, -0.2) is 60.2 Å². The Hall–Kier alpha value is -3.15. The van der Waals surface area contributed by atoms with E-state index in [1.807, 2.05) is 54.3 Å². The van der Waals surface area contributed by atoms with E-state index in [9.17, 15) is 14.4 Å². The lowest BCUT2D eigenvalue weighted by Crippen LogP contribution is -2.50. The number of hydrogen-bond donors (Lipinski definition) is 0. The van der Waals surface area contributed by atoms with E-state index < -0.39 is 0 Å². The molecule has 2 aromatic rings. The maximum atomic E-state index is 12.5. The third-order valence-electron chi connectivity index (χ3n) is 5.47. The number of carbonyl (C=O) groups excluding carboxylic acids is 3. The molecule has 2 amide bonds. The molecule has 0 atom stereocenters. The van der Waals surface area contributed by atoms with Gasteiger partial charge >= 0.3 is 0 Å². The summed E-state index contributed by atoms with van der Waals surface area (Å²) >= 11 is 0. The molecule has 3 rings (SSSR count). The van der Waals surface area contributed by atoms with Crippen molar-refractivity contribution in [2.45, 2.75) is 32.6 Å². The van der Waals surface area contributed by atoms with Gasteiger partial charge in [0.1, 0.15) is 5.75 Å². The van der Waals surface area contributed by atoms with Crippen LogP contribution in [0.2, 0.25) is 0 Å². The fourth-order valence-electron chi connectivity index (χ4n) is 3.56. The van der Waals surface area contributed by atoms with Crippen LogP contribution in [0.15, 0.2) is 54.6 Å². The predicted molar refractivity (Wildman–Crippen MR) is 119 cm³/mol. The molecule has 0 unspecified atom stereocenters. The molecule has 6 nitrogen and oxygen atoms in total. The van der Waals surface area contributed by atoms with E-state index in [4.69, 9.17) is 4.74 Å². The molecule has 0 saturated carbocycles. The number of nitrogens with zero attached hydrogens (tertiary/aromatic N) is 2. The summed E-state index contributed by atoms with van der Waals surface area (Å²) in [6.45, 7) is 4.59. The van der Waals surface area contributed by atoms with Gasteiger partial charge in [0.05, 0.1) is 6.61 Å². The number of aryl methyl sites for hydroxylation is 1. The van der Waals surface area contributed by atoms with Gasteiger partial charge in [-0.15, -0.1) is 0 Å². The van der Waals surface area contributed by atoms with Crippen molar-refractivity contribution in [3.8, 4) is 5.75 Å². The Morgan fingerprint density at radius 2 is 1.35 bits per heavy atom. The van der Waals surface area contributed by atoms with Crippen LogP contribution < -0.4 is 4.74 Å². The first-order valence-electron chi connectivity index (χ1n) is 10.9. The van der Waals surface area contributed by atoms with E-state index >= 15 is 0 Å². The molecule has 0 N–H and O–H groups in total. The molecule has 6 heteroatoms. The quantitative estimate of drug-likeness (QED) is 0.458. The van der Waals surface area contributed by atoms with E-state index in [1.165, 1.54) is 0 Å². The number of rotatable bonds is 9. The van der Waals surface area contributed by atoms with Gasteiger partial charge in [0.2, 0.25) is 11.8 Å². The molecule has 0 aliphatic carbocycles. The molecular formula is C25H30N2O4. The molecular weight excluding hydrogens is 392 g/mol. The Balaban J connectivity index is 1.32. The largest absolute Gasteiger partial charge is 0.494 e. The van der Waals surface area contributed by atoms with Gasteiger partial charge in [-0.25, -0.2) is 0 Å². The second-order valence-electron chi connectivity index (χ2n) is 7.82. The van der Waals surface area contributed by atoms with Gasteiger partial charge in [-0.2, -0.15) is 0 Å². The van der Waals surface area contributed by atoms with Crippen LogP contribution in [-0.2, 0) is 9.59 Å². The lowest BCUT2D eigenvalue weighted by molar-refractivity contribution is -0.139.